The van der Waals surface area contributed by atoms with Gasteiger partial charge in [0.25, 0.3) is 11.6 Å². The number of esters is 1. The van der Waals surface area contributed by atoms with Crippen molar-refractivity contribution < 1.29 is 24.0 Å². The van der Waals surface area contributed by atoms with Crippen LogP contribution in [-0.4, -0.2) is 28.7 Å². The number of Topliss-reactive ketones (excluding diaryl/α,β-unsaturated/α-hetero) is 1. The lowest BCUT2D eigenvalue weighted by Gasteiger charge is -2.12. The first-order valence-corrected chi connectivity index (χ1v) is 9.31. The summed E-state index contributed by atoms with van der Waals surface area (Å²) < 4.78 is 5.24. The number of nitro groups is 1. The molecule has 0 aliphatic heterocycles. The van der Waals surface area contributed by atoms with E-state index in [0.29, 0.717) is 11.3 Å². The number of hydrogen-bond donors (Lipinski definition) is 1. The highest BCUT2D eigenvalue weighted by Crippen LogP contribution is 2.16. The van der Waals surface area contributed by atoms with Gasteiger partial charge >= 0.3 is 5.97 Å². The van der Waals surface area contributed by atoms with E-state index in [9.17, 15) is 24.5 Å². The van der Waals surface area contributed by atoms with Crippen molar-refractivity contribution in [2.24, 2.45) is 0 Å². The van der Waals surface area contributed by atoms with Crippen LogP contribution < -0.4 is 5.32 Å². The highest BCUT2D eigenvalue weighted by Gasteiger charge is 2.20. The summed E-state index contributed by atoms with van der Waals surface area (Å²) in [5, 5.41) is 13.3. The van der Waals surface area contributed by atoms with Crippen LogP contribution in [0.4, 0.5) is 11.4 Å². The second kappa shape index (κ2) is 9.45. The van der Waals surface area contributed by atoms with E-state index in [0.717, 1.165) is 0 Å². The molecule has 1 amide bonds. The number of carbonyl (C=O) groups excluding carboxylic acids is 3. The summed E-state index contributed by atoms with van der Waals surface area (Å²) >= 11 is 0. The number of carbonyl (C=O) groups is 3. The van der Waals surface area contributed by atoms with Gasteiger partial charge in [-0.15, -0.1) is 0 Å². The van der Waals surface area contributed by atoms with Crippen molar-refractivity contribution in [1.29, 1.82) is 0 Å². The fourth-order valence-electron chi connectivity index (χ4n) is 2.75. The number of nitrogens with one attached hydrogen (secondary N) is 1. The molecule has 8 heteroatoms. The van der Waals surface area contributed by atoms with Crippen LogP contribution in [0.15, 0.2) is 78.9 Å². The molecule has 3 aromatic rings. The van der Waals surface area contributed by atoms with Crippen molar-refractivity contribution in [3.63, 3.8) is 0 Å². The van der Waals surface area contributed by atoms with Gasteiger partial charge in [0.1, 0.15) is 0 Å². The second-order valence-corrected chi connectivity index (χ2v) is 6.61. The fourth-order valence-corrected chi connectivity index (χ4v) is 2.75. The highest BCUT2D eigenvalue weighted by molar-refractivity contribution is 6.05. The number of benzene rings is 3. The molecule has 0 aromatic heterocycles. The van der Waals surface area contributed by atoms with Gasteiger partial charge in [0.15, 0.2) is 6.10 Å². The molecule has 156 valence electrons. The van der Waals surface area contributed by atoms with Gasteiger partial charge < -0.3 is 10.1 Å². The first-order valence-electron chi connectivity index (χ1n) is 9.31. The predicted octanol–water partition coefficient (Wildman–Crippen LogP) is 4.28. The molecule has 1 atom stereocenters. The Morgan fingerprint density at radius 1 is 0.839 bits per heavy atom. The van der Waals surface area contributed by atoms with Crippen LogP contribution in [0.2, 0.25) is 0 Å². The fraction of sp³-hybridized carbons (Fsp3) is 0.0870. The maximum absolute atomic E-state index is 12.3. The zero-order chi connectivity index (χ0) is 22.4. The van der Waals surface area contributed by atoms with Gasteiger partial charge in [-0.1, -0.05) is 30.3 Å². The Balaban J connectivity index is 1.60. The SMILES string of the molecule is C[C@H](OC(=O)c1ccc(NC(=O)c2ccc([N+](=O)[O-])cc2)cc1)C(=O)c1ccccc1. The molecule has 31 heavy (non-hydrogen) atoms. The number of nitro benzene ring substituents is 1. The average Bonchev–Trinajstić information content (AvgIpc) is 2.79. The molecule has 0 unspecified atom stereocenters. The number of rotatable bonds is 7. The third-order valence-corrected chi connectivity index (χ3v) is 4.43. The monoisotopic (exact) mass is 418 g/mol. The number of ketones is 1. The number of anilines is 1. The molecule has 3 rings (SSSR count). The van der Waals surface area contributed by atoms with E-state index in [1.807, 2.05) is 0 Å². The zero-order valence-electron chi connectivity index (χ0n) is 16.5. The molecule has 0 bridgehead atoms. The number of hydrogen-bond acceptors (Lipinski definition) is 6. The van der Waals surface area contributed by atoms with Crippen LogP contribution in [0.25, 0.3) is 0 Å². The van der Waals surface area contributed by atoms with E-state index in [4.69, 9.17) is 4.74 Å². The smallest absolute Gasteiger partial charge is 0.338 e. The summed E-state index contributed by atoms with van der Waals surface area (Å²) in [6, 6.07) is 19.7. The van der Waals surface area contributed by atoms with E-state index in [-0.39, 0.29) is 22.6 Å². The van der Waals surface area contributed by atoms with E-state index in [1.54, 1.807) is 30.3 Å². The van der Waals surface area contributed by atoms with Crippen LogP contribution in [0.1, 0.15) is 38.0 Å². The quantitative estimate of drug-likeness (QED) is 0.265. The Labute approximate surface area is 177 Å². The Bertz CT molecular complexity index is 1110. The molecule has 8 nitrogen and oxygen atoms in total. The van der Waals surface area contributed by atoms with Crippen LogP contribution in [0, 0.1) is 10.1 Å². The van der Waals surface area contributed by atoms with Gasteiger partial charge in [-0.05, 0) is 43.3 Å². The predicted molar refractivity (Wildman–Crippen MR) is 113 cm³/mol. The highest BCUT2D eigenvalue weighted by atomic mass is 16.6. The van der Waals surface area contributed by atoms with E-state index >= 15 is 0 Å². The summed E-state index contributed by atoms with van der Waals surface area (Å²) in [7, 11) is 0. The Hall–Kier alpha value is -4.33. The van der Waals surface area contributed by atoms with Crippen LogP contribution in [-0.2, 0) is 4.74 Å². The molecule has 0 saturated heterocycles. The summed E-state index contributed by atoms with van der Waals surface area (Å²) in [6.45, 7) is 1.51. The standard InChI is InChI=1S/C23H18N2O6/c1-15(21(26)16-5-3-2-4-6-16)31-23(28)18-7-11-19(12-8-18)24-22(27)17-9-13-20(14-10-17)25(29)30/h2-15H,1H3,(H,24,27)/t15-/m0/s1. The number of ether oxygens (including phenoxy) is 1. The van der Waals surface area contributed by atoms with E-state index in [2.05, 4.69) is 5.32 Å². The number of nitrogens with zero attached hydrogens (tertiary/aromatic N) is 1. The molecular formula is C23H18N2O6. The van der Waals surface area contributed by atoms with Crippen molar-refractivity contribution >= 4 is 29.0 Å². The topological polar surface area (TPSA) is 116 Å². The number of amides is 1. The van der Waals surface area contributed by atoms with Crippen molar-refractivity contribution in [3.05, 3.63) is 106 Å². The first kappa shape index (κ1) is 21.4. The maximum atomic E-state index is 12.3. The number of non-ortho nitro benzene ring substituents is 1. The van der Waals surface area contributed by atoms with E-state index in [1.165, 1.54) is 55.5 Å². The van der Waals surface area contributed by atoms with Crippen molar-refractivity contribution in [2.45, 2.75) is 13.0 Å². The third kappa shape index (κ3) is 5.39. The summed E-state index contributed by atoms with van der Waals surface area (Å²) in [4.78, 5) is 47.0. The Morgan fingerprint density at radius 2 is 1.42 bits per heavy atom. The van der Waals surface area contributed by atoms with Crippen molar-refractivity contribution in [2.75, 3.05) is 5.32 Å². The Kier molecular flexibility index (Phi) is 6.51. The van der Waals surface area contributed by atoms with Crippen LogP contribution in [0.5, 0.6) is 0 Å². The molecule has 0 aliphatic rings. The molecule has 0 spiro atoms. The molecule has 0 aliphatic carbocycles. The lowest BCUT2D eigenvalue weighted by molar-refractivity contribution is -0.384. The van der Waals surface area contributed by atoms with Gasteiger partial charge in [0, 0.05) is 28.9 Å². The third-order valence-electron chi connectivity index (χ3n) is 4.43. The van der Waals surface area contributed by atoms with E-state index < -0.39 is 22.9 Å². The summed E-state index contributed by atoms with van der Waals surface area (Å²) in [6.07, 6.45) is -0.948. The minimum atomic E-state index is -0.948. The molecule has 0 heterocycles. The minimum absolute atomic E-state index is 0.112. The minimum Gasteiger partial charge on any atom is -0.451 e. The molecule has 0 saturated carbocycles. The van der Waals surface area contributed by atoms with Crippen LogP contribution >= 0.6 is 0 Å². The largest absolute Gasteiger partial charge is 0.451 e. The molecule has 3 aromatic carbocycles. The first-order chi connectivity index (χ1) is 14.8. The van der Waals surface area contributed by atoms with Crippen molar-refractivity contribution in [3.8, 4) is 0 Å². The average molecular weight is 418 g/mol. The summed E-state index contributed by atoms with van der Waals surface area (Å²) in [5.74, 6) is -1.42. The van der Waals surface area contributed by atoms with Gasteiger partial charge in [0.2, 0.25) is 5.78 Å². The zero-order valence-corrected chi connectivity index (χ0v) is 16.5. The Morgan fingerprint density at radius 3 is 2.00 bits per heavy atom. The lowest BCUT2D eigenvalue weighted by atomic mass is 10.1. The molecule has 0 fully saturated rings. The normalized spacial score (nSPS) is 11.3. The second-order valence-electron chi connectivity index (χ2n) is 6.61. The molecule has 0 radical (unpaired) electrons. The van der Waals surface area contributed by atoms with Crippen LogP contribution in [0.3, 0.4) is 0 Å². The molecular weight excluding hydrogens is 400 g/mol. The van der Waals surface area contributed by atoms with Crippen molar-refractivity contribution in [1.82, 2.24) is 0 Å². The lowest BCUT2D eigenvalue weighted by Crippen LogP contribution is -2.24. The van der Waals surface area contributed by atoms with Gasteiger partial charge in [-0.3, -0.25) is 19.7 Å². The maximum Gasteiger partial charge on any atom is 0.338 e. The van der Waals surface area contributed by atoms with Gasteiger partial charge in [0.05, 0.1) is 10.5 Å². The molecule has 1 N–H and O–H groups in total. The van der Waals surface area contributed by atoms with Gasteiger partial charge in [-0.2, -0.15) is 0 Å². The van der Waals surface area contributed by atoms with Gasteiger partial charge in [-0.25, -0.2) is 4.79 Å². The summed E-state index contributed by atoms with van der Waals surface area (Å²) in [5.41, 5.74) is 1.24.